The molecular weight excluding hydrogens is 1060 g/mol. The average Bonchev–Trinajstić information content (AvgIpc) is 3.91. The number of ketones is 6. The molecule has 0 radical (unpaired) electrons. The van der Waals surface area contributed by atoms with Crippen LogP contribution in [0.1, 0.15) is 144 Å². The first-order valence-corrected chi connectivity index (χ1v) is 26.8. The Kier molecular flexibility index (Phi) is 13.5. The maximum absolute atomic E-state index is 14.3. The molecule has 2 bridgehead atoms. The molecule has 8 N–H and O–H groups in total. The number of rotatable bonds is 10. The molecule has 4 aromatic rings. The smallest absolute Gasteiger partial charge is 0.202 e. The monoisotopic (exact) mass is 1120 g/mol. The molecule has 0 aromatic heterocycles. The zero-order valence-electron chi connectivity index (χ0n) is 44.5. The van der Waals surface area contributed by atoms with Gasteiger partial charge in [-0.1, -0.05) is 31.2 Å². The van der Waals surface area contributed by atoms with Gasteiger partial charge in [0.15, 0.2) is 29.4 Å². The lowest BCUT2D eigenvalue weighted by molar-refractivity contribution is -0.267. The van der Waals surface area contributed by atoms with Gasteiger partial charge in [0.25, 0.3) is 0 Å². The van der Waals surface area contributed by atoms with Crippen LogP contribution in [0.3, 0.4) is 0 Å². The Balaban J connectivity index is 0.823. The molecule has 8 aliphatic rings. The van der Waals surface area contributed by atoms with E-state index in [4.69, 9.17) is 33.2 Å². The number of aliphatic hydroxyl groups excluding tert-OH is 2. The number of nitrogens with zero attached hydrogens (tertiary/aromatic N) is 2. The molecule has 23 nitrogen and oxygen atoms in total. The molecule has 4 fully saturated rings. The standard InChI is InChI=1S/C58H60N2O21/c1-23-11-25(80-34-16-57(73,36(63)18-61)14-28-41(34)53(71)45-43(49(28)67)47(65)26-7-5-9-32(75-3)39(26)51(45)69)12-30-55(23)77-21-60-20-59(30)22-78-56-24(2)79-38(13-31(56)60)81-35-17-58(74,37(64)19-62)15-29-42(35)54(72)46-44(50(29)68)48(66)27-8-6-10-33(76-4)40(27)52(46)70/h5-10,23-25,30-31,34-35,38,55-56,61-62,67-68,71-74H,11-22H2,1-4H3/t23-,24+,25-,30+,31+,34+,35+,38+,55+,56+,57+,58+/m1/s1. The summed E-state index contributed by atoms with van der Waals surface area (Å²) in [4.78, 5) is 87.5. The van der Waals surface area contributed by atoms with Crippen molar-refractivity contribution in [3.63, 3.8) is 0 Å². The van der Waals surface area contributed by atoms with Crippen molar-refractivity contribution in [3.05, 3.63) is 103 Å². The van der Waals surface area contributed by atoms with E-state index in [1.54, 1.807) is 6.92 Å². The molecule has 0 amide bonds. The van der Waals surface area contributed by atoms with E-state index in [2.05, 4.69) is 9.80 Å². The van der Waals surface area contributed by atoms with Crippen molar-refractivity contribution in [2.45, 2.75) is 125 Å². The predicted octanol–water partition coefficient (Wildman–Crippen LogP) is 2.31. The van der Waals surface area contributed by atoms with Crippen LogP contribution in [0.2, 0.25) is 0 Å². The summed E-state index contributed by atoms with van der Waals surface area (Å²) < 4.78 is 44.2. The van der Waals surface area contributed by atoms with Crippen molar-refractivity contribution in [2.24, 2.45) is 5.92 Å². The lowest BCUT2D eigenvalue weighted by Crippen LogP contribution is -2.56. The van der Waals surface area contributed by atoms with Gasteiger partial charge in [0, 0.05) is 77.6 Å². The third-order valence-electron chi connectivity index (χ3n) is 18.0. The van der Waals surface area contributed by atoms with Gasteiger partial charge in [-0.3, -0.25) is 38.6 Å². The third-order valence-corrected chi connectivity index (χ3v) is 18.0. The zero-order chi connectivity index (χ0) is 57.5. The summed E-state index contributed by atoms with van der Waals surface area (Å²) in [6.07, 6.45) is -7.90. The van der Waals surface area contributed by atoms with E-state index < -0.39 is 185 Å². The molecule has 14 atom stereocenters. The van der Waals surface area contributed by atoms with Gasteiger partial charge < -0.3 is 74.0 Å². The highest BCUT2D eigenvalue weighted by Crippen LogP contribution is 2.55. The summed E-state index contributed by atoms with van der Waals surface area (Å²) >= 11 is 0. The Morgan fingerprint density at radius 3 is 1.54 bits per heavy atom. The normalized spacial score (nSPS) is 32.7. The van der Waals surface area contributed by atoms with Crippen LogP contribution >= 0.6 is 0 Å². The predicted molar refractivity (Wildman–Crippen MR) is 274 cm³/mol. The van der Waals surface area contributed by atoms with Crippen LogP contribution < -0.4 is 9.47 Å². The minimum absolute atomic E-state index is 0.0552. The topological polar surface area (TPSA) is 335 Å². The maximum atomic E-state index is 14.3. The Labute approximate surface area is 462 Å². The highest BCUT2D eigenvalue weighted by molar-refractivity contribution is 6.32. The summed E-state index contributed by atoms with van der Waals surface area (Å²) in [5.41, 5.74) is -7.80. The summed E-state index contributed by atoms with van der Waals surface area (Å²) in [5, 5.41) is 92.0. The molecule has 81 heavy (non-hydrogen) atoms. The lowest BCUT2D eigenvalue weighted by Gasteiger charge is -2.46. The van der Waals surface area contributed by atoms with Crippen LogP contribution in [0.25, 0.3) is 0 Å². The van der Waals surface area contributed by atoms with Crippen molar-refractivity contribution in [2.75, 3.05) is 47.6 Å². The summed E-state index contributed by atoms with van der Waals surface area (Å²) in [6, 6.07) is 7.83. The van der Waals surface area contributed by atoms with Crippen LogP contribution in [0.4, 0.5) is 0 Å². The molecule has 4 aromatic carbocycles. The molecule has 2 unspecified atom stereocenters. The molecule has 3 heterocycles. The summed E-state index contributed by atoms with van der Waals surface area (Å²) in [7, 11) is 2.64. The molecule has 5 aliphatic carbocycles. The van der Waals surface area contributed by atoms with Crippen LogP contribution in [0, 0.1) is 5.92 Å². The molecule has 428 valence electrons. The molecule has 1 saturated carbocycles. The number of hydrogen-bond acceptors (Lipinski definition) is 23. The molecule has 3 saturated heterocycles. The molecule has 0 spiro atoms. The molecule has 12 rings (SSSR count). The van der Waals surface area contributed by atoms with E-state index in [0.717, 1.165) is 0 Å². The number of aromatic hydroxyl groups is 4. The number of fused-ring (bicyclic) bond motifs is 12. The zero-order valence-corrected chi connectivity index (χ0v) is 44.5. The quantitative estimate of drug-likeness (QED) is 0.0913. The molecule has 3 aliphatic heterocycles. The van der Waals surface area contributed by atoms with Gasteiger partial charge in [-0.05, 0) is 37.8 Å². The Hall–Kier alpha value is -6.74. The van der Waals surface area contributed by atoms with Crippen molar-refractivity contribution in [1.29, 1.82) is 0 Å². The first-order valence-electron chi connectivity index (χ1n) is 26.8. The Morgan fingerprint density at radius 1 is 0.605 bits per heavy atom. The fraction of sp³-hybridized carbons (Fsp3) is 0.483. The van der Waals surface area contributed by atoms with Crippen molar-refractivity contribution < 1.29 is 103 Å². The van der Waals surface area contributed by atoms with E-state index in [1.807, 2.05) is 6.92 Å². The Bertz CT molecular complexity index is 3180. The van der Waals surface area contributed by atoms with Crippen LogP contribution in [-0.2, 0) is 46.1 Å². The van der Waals surface area contributed by atoms with Crippen molar-refractivity contribution in [1.82, 2.24) is 9.80 Å². The summed E-state index contributed by atoms with van der Waals surface area (Å²) in [5.74, 6) is -8.15. The Morgan fingerprint density at radius 2 is 1.06 bits per heavy atom. The van der Waals surface area contributed by atoms with Gasteiger partial charge in [0.05, 0.1) is 84.8 Å². The van der Waals surface area contributed by atoms with Crippen molar-refractivity contribution >= 4 is 34.7 Å². The minimum Gasteiger partial charge on any atom is -0.507 e. The van der Waals surface area contributed by atoms with Crippen molar-refractivity contribution in [3.8, 4) is 34.5 Å². The number of phenols is 4. The highest BCUT2D eigenvalue weighted by Gasteiger charge is 2.55. The van der Waals surface area contributed by atoms with E-state index in [-0.39, 0.29) is 94.9 Å². The summed E-state index contributed by atoms with van der Waals surface area (Å²) in [6.45, 7) is 2.04. The highest BCUT2D eigenvalue weighted by atomic mass is 16.7. The van der Waals surface area contributed by atoms with Gasteiger partial charge in [-0.2, -0.15) is 0 Å². The van der Waals surface area contributed by atoms with E-state index >= 15 is 0 Å². The first kappa shape index (κ1) is 54.8. The van der Waals surface area contributed by atoms with E-state index in [0.29, 0.717) is 6.42 Å². The van der Waals surface area contributed by atoms with Crippen LogP contribution in [-0.4, -0.2) is 187 Å². The second-order valence-electron chi connectivity index (χ2n) is 22.5. The third kappa shape index (κ3) is 8.34. The lowest BCUT2D eigenvalue weighted by atomic mass is 9.71. The number of hydrogen-bond donors (Lipinski definition) is 8. The number of Topliss-reactive ketones (excluding diaryl/α,β-unsaturated/α-hetero) is 2. The largest absolute Gasteiger partial charge is 0.507 e. The number of phenolic OH excluding ortho intramolecular Hbond substituents is 4. The number of carbonyl (C=O) groups is 6. The van der Waals surface area contributed by atoms with Gasteiger partial charge >= 0.3 is 0 Å². The second kappa shape index (κ2) is 20.0. The molecular formula is C58H60N2O21. The molecule has 23 heteroatoms. The SMILES string of the molecule is COc1cccc2c1C(=O)c1c(O)c3c(c(O)c1C2=O)C[C@@](O)(C(=O)CO)C[C@@H]3O[C@@H]1C[C@@H](C)[C@@H]2OCN3CN(CO[C@H]4[C@H](C)O[C@@H](O[C@H]5C[C@](O)(C(=O)CO)Cc6c(O)c7c(c(O)c65)C(=O)c5c(OC)cccc5C7=O)C[C@@H]43)[C@H]2C1. The second-order valence-corrected chi connectivity index (χ2v) is 22.5. The van der Waals surface area contributed by atoms with Gasteiger partial charge in [-0.15, -0.1) is 0 Å². The fourth-order valence-electron chi connectivity index (χ4n) is 14.2. The number of methoxy groups -OCH3 is 2. The van der Waals surface area contributed by atoms with Gasteiger partial charge in [-0.25, -0.2) is 0 Å². The maximum Gasteiger partial charge on any atom is 0.202 e. The average molecular weight is 1120 g/mol. The fourth-order valence-corrected chi connectivity index (χ4v) is 14.2. The van der Waals surface area contributed by atoms with Gasteiger partial charge in [0.1, 0.15) is 78.5 Å². The van der Waals surface area contributed by atoms with E-state index in [1.165, 1.54) is 50.6 Å². The van der Waals surface area contributed by atoms with E-state index in [9.17, 15) is 69.6 Å². The van der Waals surface area contributed by atoms with Crippen LogP contribution in [0.5, 0.6) is 34.5 Å². The minimum atomic E-state index is -2.36. The number of aliphatic hydroxyl groups is 4. The van der Waals surface area contributed by atoms with Gasteiger partial charge in [0.2, 0.25) is 11.6 Å². The van der Waals surface area contributed by atoms with Crippen LogP contribution in [0.15, 0.2) is 36.4 Å². The first-order chi connectivity index (χ1) is 38.7. The number of benzene rings is 4. The number of ether oxygens (including phenoxy) is 7. The number of carbonyl (C=O) groups excluding carboxylic acids is 6.